The van der Waals surface area contributed by atoms with Crippen LogP contribution < -0.4 is 5.11 Å². The first kappa shape index (κ1) is 11.2. The largest absolute Gasteiger partial charge is 0.550 e. The maximum atomic E-state index is 11.1. The number of ketones is 1. The normalized spacial score (nSPS) is 10.4. The molecule has 0 aliphatic heterocycles. The van der Waals surface area contributed by atoms with Crippen LogP contribution in [0.5, 0.6) is 0 Å². The van der Waals surface area contributed by atoms with Gasteiger partial charge in [0.2, 0.25) is 0 Å². The van der Waals surface area contributed by atoms with E-state index in [2.05, 4.69) is 0 Å². The van der Waals surface area contributed by atoms with E-state index in [1.165, 1.54) is 6.08 Å². The highest BCUT2D eigenvalue weighted by Crippen LogP contribution is 2.02. The zero-order valence-corrected chi connectivity index (χ0v) is 8.18. The molecule has 78 valence electrons. The third-order valence-corrected chi connectivity index (χ3v) is 1.84. The number of carbonyl (C=O) groups is 2. The van der Waals surface area contributed by atoms with E-state index in [0.717, 1.165) is 5.56 Å². The average molecular weight is 203 g/mol. The van der Waals surface area contributed by atoms with Crippen LogP contribution in [0.4, 0.5) is 0 Å². The minimum atomic E-state index is -1.20. The number of carbonyl (C=O) groups excluding carboxylic acids is 2. The predicted molar refractivity (Wildman–Crippen MR) is 54.7 cm³/mol. The Hall–Kier alpha value is -1.90. The van der Waals surface area contributed by atoms with Gasteiger partial charge in [0.15, 0.2) is 5.78 Å². The Labute approximate surface area is 88.0 Å². The van der Waals surface area contributed by atoms with Gasteiger partial charge in [-0.1, -0.05) is 36.4 Å². The van der Waals surface area contributed by atoms with E-state index in [1.54, 1.807) is 6.08 Å². The second-order valence-corrected chi connectivity index (χ2v) is 3.08. The van der Waals surface area contributed by atoms with E-state index in [-0.39, 0.29) is 18.6 Å². The lowest BCUT2D eigenvalue weighted by Crippen LogP contribution is -2.22. The van der Waals surface area contributed by atoms with E-state index in [4.69, 9.17) is 0 Å². The van der Waals surface area contributed by atoms with Crippen LogP contribution in [-0.2, 0) is 9.59 Å². The maximum Gasteiger partial charge on any atom is 0.156 e. The van der Waals surface area contributed by atoms with E-state index in [9.17, 15) is 14.7 Å². The first-order valence-corrected chi connectivity index (χ1v) is 4.64. The first-order chi connectivity index (χ1) is 7.18. The molecule has 0 unspecified atom stereocenters. The van der Waals surface area contributed by atoms with Gasteiger partial charge in [-0.2, -0.15) is 0 Å². The van der Waals surface area contributed by atoms with Crippen molar-refractivity contribution in [3.05, 3.63) is 42.0 Å². The standard InChI is InChI=1S/C12H12O3/c13-11(8-9-12(14)15)7-6-10-4-2-1-3-5-10/h1-7H,8-9H2,(H,14,15)/p-1/b7-6+. The molecule has 15 heavy (non-hydrogen) atoms. The summed E-state index contributed by atoms with van der Waals surface area (Å²) in [6.45, 7) is 0. The highest BCUT2D eigenvalue weighted by Gasteiger charge is 1.96. The maximum absolute atomic E-state index is 11.1. The summed E-state index contributed by atoms with van der Waals surface area (Å²) < 4.78 is 0. The molecule has 0 saturated heterocycles. The Balaban J connectivity index is 2.44. The van der Waals surface area contributed by atoms with Crippen LogP contribution in [0.2, 0.25) is 0 Å². The van der Waals surface area contributed by atoms with Crippen molar-refractivity contribution in [3.63, 3.8) is 0 Å². The molecule has 3 nitrogen and oxygen atoms in total. The van der Waals surface area contributed by atoms with Crippen molar-refractivity contribution in [2.75, 3.05) is 0 Å². The minimum Gasteiger partial charge on any atom is -0.550 e. The number of benzene rings is 1. The molecule has 0 saturated carbocycles. The van der Waals surface area contributed by atoms with Gasteiger partial charge >= 0.3 is 0 Å². The van der Waals surface area contributed by atoms with Crippen molar-refractivity contribution < 1.29 is 14.7 Å². The molecule has 1 aromatic carbocycles. The molecule has 0 heterocycles. The molecule has 0 N–H and O–H groups in total. The average Bonchev–Trinajstić information content (AvgIpc) is 2.25. The van der Waals surface area contributed by atoms with Crippen LogP contribution >= 0.6 is 0 Å². The van der Waals surface area contributed by atoms with Crippen LogP contribution in [0.15, 0.2) is 36.4 Å². The zero-order chi connectivity index (χ0) is 11.1. The van der Waals surface area contributed by atoms with E-state index in [1.807, 2.05) is 30.3 Å². The third-order valence-electron chi connectivity index (χ3n) is 1.84. The smallest absolute Gasteiger partial charge is 0.156 e. The van der Waals surface area contributed by atoms with Crippen molar-refractivity contribution >= 4 is 17.8 Å². The molecule has 1 aromatic rings. The topological polar surface area (TPSA) is 57.2 Å². The van der Waals surface area contributed by atoms with Crippen molar-refractivity contribution in [1.29, 1.82) is 0 Å². The molecule has 0 fully saturated rings. The van der Waals surface area contributed by atoms with Gasteiger partial charge < -0.3 is 9.90 Å². The van der Waals surface area contributed by atoms with Crippen LogP contribution in [0.1, 0.15) is 18.4 Å². The Kier molecular flexibility index (Phi) is 4.29. The second kappa shape index (κ2) is 5.75. The Bertz CT molecular complexity index is 366. The summed E-state index contributed by atoms with van der Waals surface area (Å²) in [5.41, 5.74) is 0.916. The molecular formula is C12H11O3-. The zero-order valence-electron chi connectivity index (χ0n) is 8.18. The van der Waals surface area contributed by atoms with E-state index >= 15 is 0 Å². The molecule has 1 rings (SSSR count). The fourth-order valence-corrected chi connectivity index (χ4v) is 1.06. The number of aliphatic carboxylic acids is 1. The lowest BCUT2D eigenvalue weighted by Gasteiger charge is -1.97. The van der Waals surface area contributed by atoms with E-state index < -0.39 is 5.97 Å². The summed E-state index contributed by atoms with van der Waals surface area (Å²) in [5, 5.41) is 10.1. The summed E-state index contributed by atoms with van der Waals surface area (Å²) in [5.74, 6) is -1.40. The first-order valence-electron chi connectivity index (χ1n) is 4.64. The Morgan fingerprint density at radius 1 is 1.13 bits per heavy atom. The summed E-state index contributed by atoms with van der Waals surface area (Å²) in [7, 11) is 0. The molecule has 0 aliphatic rings. The number of allylic oxidation sites excluding steroid dienone is 1. The van der Waals surface area contributed by atoms with Gasteiger partial charge in [0.05, 0.1) is 0 Å². The molecular weight excluding hydrogens is 192 g/mol. The quantitative estimate of drug-likeness (QED) is 0.665. The fraction of sp³-hybridized carbons (Fsp3) is 0.167. The summed E-state index contributed by atoms with van der Waals surface area (Å²) >= 11 is 0. The van der Waals surface area contributed by atoms with Crippen molar-refractivity contribution in [2.24, 2.45) is 0 Å². The SMILES string of the molecule is O=C([O-])CCC(=O)/C=C/c1ccccc1. The number of rotatable bonds is 5. The molecule has 0 aliphatic carbocycles. The van der Waals surface area contributed by atoms with Crippen LogP contribution in [0.3, 0.4) is 0 Å². The molecule has 3 heteroatoms. The van der Waals surface area contributed by atoms with Gasteiger partial charge in [-0.15, -0.1) is 0 Å². The van der Waals surface area contributed by atoms with Crippen LogP contribution in [-0.4, -0.2) is 11.8 Å². The van der Waals surface area contributed by atoms with Crippen molar-refractivity contribution in [1.82, 2.24) is 0 Å². The summed E-state index contributed by atoms with van der Waals surface area (Å²) in [6, 6.07) is 9.34. The summed E-state index contributed by atoms with van der Waals surface area (Å²) in [4.78, 5) is 21.2. The summed E-state index contributed by atoms with van der Waals surface area (Å²) in [6.07, 6.45) is 2.82. The van der Waals surface area contributed by atoms with Gasteiger partial charge in [-0.25, -0.2) is 0 Å². The molecule has 0 radical (unpaired) electrons. The predicted octanol–water partition coefficient (Wildman–Crippen LogP) is 0.799. The highest BCUT2D eigenvalue weighted by molar-refractivity contribution is 5.94. The highest BCUT2D eigenvalue weighted by atomic mass is 16.4. The second-order valence-electron chi connectivity index (χ2n) is 3.08. The van der Waals surface area contributed by atoms with Gasteiger partial charge in [-0.3, -0.25) is 4.79 Å². The number of hydrogen-bond acceptors (Lipinski definition) is 3. The molecule has 0 bridgehead atoms. The molecule has 0 atom stereocenters. The number of hydrogen-bond donors (Lipinski definition) is 0. The number of carboxylic acids is 1. The lowest BCUT2D eigenvalue weighted by atomic mass is 10.1. The molecule has 0 amide bonds. The van der Waals surface area contributed by atoms with Gasteiger partial charge in [0.1, 0.15) is 0 Å². The lowest BCUT2D eigenvalue weighted by molar-refractivity contribution is -0.305. The van der Waals surface area contributed by atoms with Crippen LogP contribution in [0, 0.1) is 0 Å². The van der Waals surface area contributed by atoms with Crippen molar-refractivity contribution in [3.8, 4) is 0 Å². The van der Waals surface area contributed by atoms with Gasteiger partial charge in [-0.05, 0) is 18.1 Å². The van der Waals surface area contributed by atoms with Gasteiger partial charge in [0.25, 0.3) is 0 Å². The molecule has 0 aromatic heterocycles. The van der Waals surface area contributed by atoms with Gasteiger partial charge in [0, 0.05) is 12.4 Å². The Morgan fingerprint density at radius 3 is 2.40 bits per heavy atom. The van der Waals surface area contributed by atoms with Crippen LogP contribution in [0.25, 0.3) is 6.08 Å². The van der Waals surface area contributed by atoms with Crippen molar-refractivity contribution in [2.45, 2.75) is 12.8 Å². The molecule has 0 spiro atoms. The monoisotopic (exact) mass is 203 g/mol. The minimum absolute atomic E-state index is 0.00827. The van der Waals surface area contributed by atoms with E-state index in [0.29, 0.717) is 0 Å². The Morgan fingerprint density at radius 2 is 1.80 bits per heavy atom. The number of carboxylic acid groups (broad SMARTS) is 1. The third kappa shape index (κ3) is 4.76. The fourth-order valence-electron chi connectivity index (χ4n) is 1.06.